The quantitative estimate of drug-likeness (QED) is 0.0153. The van der Waals surface area contributed by atoms with Crippen LogP contribution in [0.4, 0.5) is 10.5 Å². The summed E-state index contributed by atoms with van der Waals surface area (Å²) in [6, 6.07) is 12.6. The molecule has 0 heterocycles. The van der Waals surface area contributed by atoms with Crippen molar-refractivity contribution >= 4 is 297 Å². The molecule has 0 saturated carbocycles. The molecule has 0 aliphatic carbocycles. The van der Waals surface area contributed by atoms with Crippen molar-refractivity contribution in [2.75, 3.05) is 0 Å². The summed E-state index contributed by atoms with van der Waals surface area (Å²) < 4.78 is 73.0. The molecule has 54 N–H and O–H groups in total. The topological polar surface area (TPSA) is 1760 Å². The monoisotopic (exact) mass is 4760 g/mol. The van der Waals surface area contributed by atoms with E-state index in [1.165, 1.54) is 11.4 Å². The Hall–Kier alpha value is 2.65. The number of phenolic OH excluding ortho intramolecular Hbond substituents is 1. The van der Waals surface area contributed by atoms with Crippen LogP contribution in [-0.2, 0) is 216 Å². The maximum Gasteiger partial charge on any atom is 0.169 e. The number of aromatic hydroxyl groups is 1. The van der Waals surface area contributed by atoms with Crippen LogP contribution in [-0.4, -0.2) is 110 Å². The first kappa shape index (κ1) is 341. The minimum atomic E-state index is -4.67. The number of benzene rings is 2. The van der Waals surface area contributed by atoms with Gasteiger partial charge < -0.3 is 294 Å². The maximum absolute atomic E-state index is 9.12. The van der Waals surface area contributed by atoms with E-state index >= 15 is 0 Å². The van der Waals surface area contributed by atoms with E-state index in [9.17, 15) is 0 Å². The van der Waals surface area contributed by atoms with Crippen LogP contribution in [0.1, 0.15) is 11.1 Å². The summed E-state index contributed by atoms with van der Waals surface area (Å²) >= 11 is -7.84. The van der Waals surface area contributed by atoms with E-state index in [1.807, 2.05) is 18.2 Å². The van der Waals surface area contributed by atoms with Crippen molar-refractivity contribution in [3.05, 3.63) is 341 Å². The average molecular weight is 4770 g/mol. The number of amides is 2. The van der Waals surface area contributed by atoms with E-state index in [0.29, 0.717) is 11.3 Å². The van der Waals surface area contributed by atoms with Gasteiger partial charge in [0, 0.05) is 5.75 Å². The number of phenols is 1. The van der Waals surface area contributed by atoms with Crippen LogP contribution in [0.5, 0.6) is 5.75 Å². The van der Waals surface area contributed by atoms with E-state index < -0.39 is 236 Å². The van der Waals surface area contributed by atoms with Gasteiger partial charge in [0.15, 0.2) is 11.4 Å². The summed E-state index contributed by atoms with van der Waals surface area (Å²) in [6.45, 7) is 4.68. The van der Waals surface area contributed by atoms with E-state index in [-0.39, 0.29) is 142 Å². The van der Waals surface area contributed by atoms with Gasteiger partial charge in [-0.3, -0.25) is 29.7 Å². The molecule has 0 aliphatic rings. The summed E-state index contributed by atoms with van der Waals surface area (Å²) in [5.74, 6) is 0.0801. The third-order valence-corrected chi connectivity index (χ3v) is 2.24. The molecule has 0 unspecified atom stereocenters. The second kappa shape index (κ2) is 495. The molecule has 2 aromatic rings. The van der Waals surface area contributed by atoms with Gasteiger partial charge >= 0.3 is 476 Å². The van der Waals surface area contributed by atoms with Crippen LogP contribution in [0.25, 0.3) is 134 Å². The first-order valence-electron chi connectivity index (χ1n) is 16.6. The number of nitrogens with zero attached hydrogens (tertiary/aromatic N) is 13. The maximum atomic E-state index is 9.12. The van der Waals surface area contributed by atoms with E-state index in [4.69, 9.17) is 447 Å². The fourth-order valence-corrected chi connectivity index (χ4v) is 1.16. The largest absolute Gasteiger partial charge is 0.693 e. The van der Waals surface area contributed by atoms with Crippen molar-refractivity contribution in [1.82, 2.24) is 5.48 Å². The molecule has 2 rings (SSSR count). The number of para-hydroxylation sites is 1. The number of halogens is 24. The van der Waals surface area contributed by atoms with Gasteiger partial charge in [0.05, 0.1) is 0 Å². The zero-order valence-electron chi connectivity index (χ0n) is 62.2. The molecule has 0 bridgehead atoms. The Labute approximate surface area is 977 Å². The molecule has 82 nitrogen and oxygen atoms in total. The molecule has 2 amide bonds. The molecule has 121 heteroatoms. The van der Waals surface area contributed by atoms with Gasteiger partial charge in [0.25, 0.3) is 5.09 Å². The van der Waals surface area contributed by atoms with Gasteiger partial charge in [0.2, 0.25) is 0 Å². The molecule has 0 fully saturated rings. The first-order valence-corrected chi connectivity index (χ1v) is 92.2. The fraction of sp³-hybridized carbons (Fsp3) is 0. The van der Waals surface area contributed by atoms with E-state index in [1.54, 1.807) is 24.3 Å². The van der Waals surface area contributed by atoms with Crippen molar-refractivity contribution in [1.29, 1.82) is 0 Å². The third kappa shape index (κ3) is 2990. The van der Waals surface area contributed by atoms with Gasteiger partial charge in [-0.25, -0.2) is 17.1 Å². The molecule has 0 saturated heterocycles. The summed E-state index contributed by atoms with van der Waals surface area (Å²) in [5.41, 5.74) is 15.8. The predicted molar refractivity (Wildman–Crippen MR) is 507 cm³/mol. The number of hydrogen-bond acceptors (Lipinski definition) is 50. The van der Waals surface area contributed by atoms with Crippen molar-refractivity contribution in [2.45, 2.75) is 0 Å². The van der Waals surface area contributed by atoms with Crippen LogP contribution in [0, 0.1) is 147 Å². The molecule has 0 atom stereocenters. The third-order valence-electron chi connectivity index (χ3n) is 2.24. The van der Waals surface area contributed by atoms with Crippen molar-refractivity contribution in [2.24, 2.45) is 64.1 Å². The van der Waals surface area contributed by atoms with Crippen molar-refractivity contribution < 1.29 is 278 Å². The number of carbonyl (C=O) groups is 1. The smallest absolute Gasteiger partial charge is 0.169 e. The van der Waals surface area contributed by atoms with Crippen LogP contribution >= 0.6 is 238 Å². The first-order chi connectivity index (χ1) is 54.1. The van der Waals surface area contributed by atoms with Gasteiger partial charge in [0.1, 0.15) is 0 Å². The van der Waals surface area contributed by atoms with Gasteiger partial charge in [-0.2, -0.15) is 30.1 Å². The summed E-state index contributed by atoms with van der Waals surface area (Å²) in [7, 11) is 104. The molecule has 0 spiro atoms. The minimum absolute atomic E-state index is 0. The number of nitrogens with two attached hydrogens (primary N) is 20. The molecular weight excluding hydrogens is 4700 g/mol. The van der Waals surface area contributed by atoms with Crippen LogP contribution in [0.15, 0.2) is 113 Å². The standard InChI is InChI=1S/C7H7N.C7H7O3.CH4N2O2.CO2.CH3.AsO2.BrH.23ClH.HNO3.12HNO2.20H2N.H3O4P.H2O4S.HO2Se.11Pt/c1-6-4-2-3-5-7(6)8;8-7-4-2-1-3-6(7)5-10-9;2-1(4)3-5;2-1-3;;2-1-3;;;;;;;;;;;;;;;;;;;;;;;;;2-1(3)4;12*2-1-3;;;;;;;;;;;;;;;;;;;;;2*1-5(2,3)4;1-3-2;;;;;;;;;;;/h2-5,8H,1H2;1-5,8-9H;(H4,2,3,4,5);;1H3;;24*1H;(H,2,3,4);12*(H,2,3);20*1H2;(H3,1,2,3,4);(H2,1,2,3,4);(H,1,2);;;;;;;;;;;/q-2;-1;;;-1;;;;;;;;;;;;;;;;;;;;;;;;;;;;;;;;;;;;;;;20*-1;;;;3*+2;2*+3;6*+4/p-36. The zero-order valence-corrected chi connectivity index (χ0v) is 111. The fourth-order valence-electron chi connectivity index (χ4n) is 1.16. The Morgan fingerprint density at radius 3 is 0.674 bits per heavy atom. The summed E-state index contributed by atoms with van der Waals surface area (Å²) in [6.07, 6.45) is 0.250. The van der Waals surface area contributed by atoms with Crippen LogP contribution < -0.4 is 5.48 Å². The number of urea groups is 1. The Bertz CT molecular complexity index is 2120. The molecule has 138 heavy (non-hydrogen) atoms. The number of rotatable bonds is 2. The van der Waals surface area contributed by atoms with Gasteiger partial charge in [-0.15, -0.1) is 97.5 Å². The normalized spacial score (nSPS) is 5.80. The molecule has 2 radical (unpaired) electrons. The van der Waals surface area contributed by atoms with Crippen LogP contribution in [0.3, 0.4) is 0 Å². The minimum Gasteiger partial charge on any atom is -0.693 e. The Morgan fingerprint density at radius 2 is 0.609 bits per heavy atom. The zero-order chi connectivity index (χ0) is 102. The number of phosphoric acid groups is 1. The van der Waals surface area contributed by atoms with E-state index in [2.05, 4.69) is 25.1 Å². The number of hydroxylamine groups is 1. The second-order valence-electron chi connectivity index (χ2n) is 6.89. The Kier molecular flexibility index (Phi) is 1220. The number of nitrogens with one attached hydrogen (secondary N) is 3. The summed E-state index contributed by atoms with van der Waals surface area (Å²) in [4.78, 5) is 155. The molecule has 916 valence electrons. The van der Waals surface area contributed by atoms with E-state index in [0.717, 1.165) is 76.4 Å². The van der Waals surface area contributed by atoms with Gasteiger partial charge in [-0.1, -0.05) is 18.2 Å². The predicted octanol–water partition coefficient (Wildman–Crippen LogP) is 34.3. The number of carbonyl (C=O) groups excluding carboxylic acids is 3. The summed E-state index contributed by atoms with van der Waals surface area (Å²) in [5, 5.41) is 145. The molecular formula is C17H68AsBrCl23N36O46PPt11SSe-24. The molecule has 2 aromatic carbocycles. The Morgan fingerprint density at radius 1 is 0.522 bits per heavy atom. The Balaban J connectivity index is -0.0000000116. The number of hydrogen-bond donors (Lipinski definition) is 12. The van der Waals surface area contributed by atoms with Gasteiger partial charge in [-0.05, 0) is 6.61 Å². The van der Waals surface area contributed by atoms with Crippen molar-refractivity contribution in [3.8, 4) is 5.75 Å². The molecule has 0 aliphatic heterocycles. The average Bonchev–Trinajstić information content (AvgIpc) is 0.925. The van der Waals surface area contributed by atoms with Crippen molar-refractivity contribution in [3.63, 3.8) is 0 Å². The molecule has 0 aromatic heterocycles. The van der Waals surface area contributed by atoms with Crippen LogP contribution in [0.2, 0.25) is 0 Å². The SMILES string of the molecule is O=C=O.O=NO.O=N[O-].O=N[O-].O=N[O-].O=N[O-].O=N[O-].O=N[O-].O=N[O-].O=N[O-].O=N[O-].O=N[O-].O=N[O-].O=P(O)(O)O.O=S(=O)(O)O.O=[As]=O.O=[N+]([O-])O.O=[Se]O.OO[CH-]c1ccccc1O.[CH2-]c1ccccc1[NH-].[CH3-].[Cl][Pt+2][Cl].[Cl][Pt+2][Cl].[Cl][Pt+2][Cl].[Cl][Pt+2][Cl].[Cl][Pt+2][Cl].[Cl][Pt+2][Cl].[Cl][Pt]([Cl])[Br].[Cl][Pt]([Cl])[Cl].[Cl][Pt][Cl].[Cl][Pt][Cl].[Cl][Pt][Cl].[NH-]C(=O)NO.[NH2-].[NH2-].[NH2-].[NH2-].[NH2-].[NH2-].[NH2-].[NH2-].[NH2-].[NH2-].[NH2-].[NH2-].[NH2-].[NH2-].[NH2-].[NH2-].[NH2-].[NH2-].[NH2-].[NH2-]. The second-order valence-corrected chi connectivity index (χ2v) is 63.6.